The van der Waals surface area contributed by atoms with E-state index in [0.717, 1.165) is 0 Å². The van der Waals surface area contributed by atoms with Crippen molar-refractivity contribution in [3.63, 3.8) is 0 Å². The highest BCUT2D eigenvalue weighted by Gasteiger charge is 2.26. The van der Waals surface area contributed by atoms with Gasteiger partial charge in [0.2, 0.25) is 0 Å². The maximum Gasteiger partial charge on any atom is 0.168 e. The van der Waals surface area contributed by atoms with E-state index in [1.54, 1.807) is 38.3 Å². The van der Waals surface area contributed by atoms with Crippen molar-refractivity contribution in [2.75, 3.05) is 7.11 Å². The van der Waals surface area contributed by atoms with Crippen LogP contribution in [0.25, 0.3) is 0 Å². The van der Waals surface area contributed by atoms with Crippen LogP contribution in [-0.4, -0.2) is 18.0 Å². The molecule has 0 saturated carbocycles. The van der Waals surface area contributed by atoms with E-state index in [9.17, 15) is 9.90 Å². The van der Waals surface area contributed by atoms with Gasteiger partial charge >= 0.3 is 0 Å². The number of carbonyl (C=O) groups is 1. The van der Waals surface area contributed by atoms with Crippen molar-refractivity contribution in [3.05, 3.63) is 65.7 Å². The number of hydrogen-bond acceptors (Lipinski definition) is 3. The van der Waals surface area contributed by atoms with Crippen molar-refractivity contribution >= 4 is 5.78 Å². The molecule has 0 saturated heterocycles. The number of rotatable bonds is 5. The molecule has 0 heterocycles. The highest BCUT2D eigenvalue weighted by Crippen LogP contribution is 2.31. The molecule has 1 N–H and O–H groups in total. The van der Waals surface area contributed by atoms with E-state index in [1.807, 2.05) is 30.3 Å². The second kappa shape index (κ2) is 6.35. The van der Waals surface area contributed by atoms with Crippen molar-refractivity contribution in [2.45, 2.75) is 13.0 Å². The van der Waals surface area contributed by atoms with Gasteiger partial charge in [0.25, 0.3) is 0 Å². The van der Waals surface area contributed by atoms with Crippen molar-refractivity contribution < 1.29 is 14.6 Å². The Morgan fingerprint density at radius 2 is 1.65 bits per heavy atom. The first-order valence-electron chi connectivity index (χ1n) is 6.55. The van der Waals surface area contributed by atoms with Gasteiger partial charge in [0.15, 0.2) is 5.78 Å². The molecular formula is C17H18O3. The third-order valence-corrected chi connectivity index (χ3v) is 3.40. The summed E-state index contributed by atoms with van der Waals surface area (Å²) >= 11 is 0. The number of ether oxygens (including phenoxy) is 1. The molecule has 0 aromatic heterocycles. The summed E-state index contributed by atoms with van der Waals surface area (Å²) in [5, 5.41) is 10.4. The zero-order valence-corrected chi connectivity index (χ0v) is 11.6. The zero-order valence-electron chi connectivity index (χ0n) is 11.6. The first-order valence-corrected chi connectivity index (χ1v) is 6.55. The second-order valence-electron chi connectivity index (χ2n) is 4.71. The fraction of sp³-hybridized carbons (Fsp3) is 0.235. The number of aliphatic hydroxyl groups is 1. The molecule has 0 spiro atoms. The first-order chi connectivity index (χ1) is 9.65. The Hall–Kier alpha value is -2.13. The lowest BCUT2D eigenvalue weighted by atomic mass is 9.90. The lowest BCUT2D eigenvalue weighted by molar-refractivity contribution is 0.0707. The molecule has 0 amide bonds. The van der Waals surface area contributed by atoms with Crippen LogP contribution >= 0.6 is 0 Å². The third-order valence-electron chi connectivity index (χ3n) is 3.40. The van der Waals surface area contributed by atoms with Crippen molar-refractivity contribution in [1.82, 2.24) is 0 Å². The summed E-state index contributed by atoms with van der Waals surface area (Å²) in [6.45, 7) is 1.73. The number of carbonyl (C=O) groups excluding carboxylic acids is 1. The van der Waals surface area contributed by atoms with E-state index in [-0.39, 0.29) is 5.78 Å². The molecule has 2 aromatic rings. The van der Waals surface area contributed by atoms with Crippen LogP contribution in [0.2, 0.25) is 0 Å². The van der Waals surface area contributed by atoms with E-state index in [2.05, 4.69) is 0 Å². The SMILES string of the molecule is COc1ccccc1C(O)C(C)C(=O)c1ccccc1. The average Bonchev–Trinajstić information content (AvgIpc) is 2.53. The number of methoxy groups -OCH3 is 1. The summed E-state index contributed by atoms with van der Waals surface area (Å²) < 4.78 is 5.23. The van der Waals surface area contributed by atoms with Gasteiger partial charge in [-0.25, -0.2) is 0 Å². The summed E-state index contributed by atoms with van der Waals surface area (Å²) in [5.41, 5.74) is 1.24. The minimum absolute atomic E-state index is 0.0796. The predicted octanol–water partition coefficient (Wildman–Crippen LogP) is 3.25. The summed E-state index contributed by atoms with van der Waals surface area (Å²) in [6.07, 6.45) is -0.890. The lowest BCUT2D eigenvalue weighted by Gasteiger charge is -2.20. The Kier molecular flexibility index (Phi) is 4.53. The highest BCUT2D eigenvalue weighted by atomic mass is 16.5. The van der Waals surface area contributed by atoms with Gasteiger partial charge in [0, 0.05) is 17.0 Å². The number of benzene rings is 2. The minimum Gasteiger partial charge on any atom is -0.496 e. The summed E-state index contributed by atoms with van der Waals surface area (Å²) in [4.78, 5) is 12.4. The number of Topliss-reactive ketones (excluding diaryl/α,β-unsaturated/α-hetero) is 1. The van der Waals surface area contributed by atoms with E-state index in [0.29, 0.717) is 16.9 Å². The first kappa shape index (κ1) is 14.3. The van der Waals surface area contributed by atoms with Crippen LogP contribution in [0.4, 0.5) is 0 Å². The molecule has 0 bridgehead atoms. The molecule has 0 fully saturated rings. The third kappa shape index (κ3) is 2.89. The van der Waals surface area contributed by atoms with E-state index >= 15 is 0 Å². The molecule has 2 rings (SSSR count). The Morgan fingerprint density at radius 1 is 1.05 bits per heavy atom. The summed E-state index contributed by atoms with van der Waals surface area (Å²) in [7, 11) is 1.55. The van der Waals surface area contributed by atoms with Crippen molar-refractivity contribution in [2.24, 2.45) is 5.92 Å². The van der Waals surface area contributed by atoms with E-state index in [1.165, 1.54) is 0 Å². The lowest BCUT2D eigenvalue weighted by Crippen LogP contribution is -2.20. The van der Waals surface area contributed by atoms with Gasteiger partial charge in [-0.2, -0.15) is 0 Å². The monoisotopic (exact) mass is 270 g/mol. The van der Waals surface area contributed by atoms with Gasteiger partial charge in [0.1, 0.15) is 5.75 Å². The quantitative estimate of drug-likeness (QED) is 0.848. The number of aliphatic hydroxyl groups excluding tert-OH is 1. The second-order valence-corrected chi connectivity index (χ2v) is 4.71. The van der Waals surface area contributed by atoms with Gasteiger partial charge in [-0.15, -0.1) is 0 Å². The van der Waals surface area contributed by atoms with Gasteiger partial charge in [-0.1, -0.05) is 55.5 Å². The van der Waals surface area contributed by atoms with Gasteiger partial charge in [-0.3, -0.25) is 4.79 Å². The van der Waals surface area contributed by atoms with E-state index < -0.39 is 12.0 Å². The Balaban J connectivity index is 2.24. The standard InChI is InChI=1S/C17H18O3/c1-12(16(18)13-8-4-3-5-9-13)17(19)14-10-6-7-11-15(14)20-2/h3-12,17,19H,1-2H3. The molecule has 104 valence electrons. The number of hydrogen-bond donors (Lipinski definition) is 1. The predicted molar refractivity (Wildman–Crippen MR) is 77.9 cm³/mol. The van der Waals surface area contributed by atoms with Gasteiger partial charge < -0.3 is 9.84 Å². The molecule has 2 aromatic carbocycles. The van der Waals surface area contributed by atoms with Crippen LogP contribution in [-0.2, 0) is 0 Å². The van der Waals surface area contributed by atoms with Crippen LogP contribution in [0.5, 0.6) is 5.75 Å². The molecular weight excluding hydrogens is 252 g/mol. The smallest absolute Gasteiger partial charge is 0.168 e. The average molecular weight is 270 g/mol. The minimum atomic E-state index is -0.890. The van der Waals surface area contributed by atoms with Crippen molar-refractivity contribution in [3.8, 4) is 5.75 Å². The Labute approximate surface area is 118 Å². The summed E-state index contributed by atoms with van der Waals surface area (Å²) in [6, 6.07) is 16.2. The van der Waals surface area contributed by atoms with Crippen LogP contribution in [0.3, 0.4) is 0 Å². The summed E-state index contributed by atoms with van der Waals surface area (Å²) in [5.74, 6) is -0.0228. The van der Waals surface area contributed by atoms with Gasteiger partial charge in [-0.05, 0) is 6.07 Å². The molecule has 3 heteroatoms. The van der Waals surface area contributed by atoms with Gasteiger partial charge in [0.05, 0.1) is 13.2 Å². The molecule has 0 aliphatic carbocycles. The zero-order chi connectivity index (χ0) is 14.5. The Bertz CT molecular complexity index is 578. The maximum atomic E-state index is 12.4. The number of ketones is 1. The molecule has 20 heavy (non-hydrogen) atoms. The topological polar surface area (TPSA) is 46.5 Å². The van der Waals surface area contributed by atoms with Crippen LogP contribution in [0.15, 0.2) is 54.6 Å². The van der Waals surface area contributed by atoms with Crippen LogP contribution < -0.4 is 4.74 Å². The molecule has 2 atom stereocenters. The molecule has 3 nitrogen and oxygen atoms in total. The highest BCUT2D eigenvalue weighted by molar-refractivity contribution is 5.98. The van der Waals surface area contributed by atoms with Crippen LogP contribution in [0, 0.1) is 5.92 Å². The molecule has 2 unspecified atom stereocenters. The fourth-order valence-electron chi connectivity index (χ4n) is 2.19. The number of para-hydroxylation sites is 1. The van der Waals surface area contributed by atoms with Crippen molar-refractivity contribution in [1.29, 1.82) is 0 Å². The van der Waals surface area contributed by atoms with Crippen LogP contribution in [0.1, 0.15) is 28.9 Å². The fourth-order valence-corrected chi connectivity index (χ4v) is 2.19. The molecule has 0 radical (unpaired) electrons. The Morgan fingerprint density at radius 3 is 2.30 bits per heavy atom. The maximum absolute atomic E-state index is 12.4. The normalized spacial score (nSPS) is 13.6. The largest absolute Gasteiger partial charge is 0.496 e. The van der Waals surface area contributed by atoms with E-state index in [4.69, 9.17) is 4.74 Å². The molecule has 0 aliphatic heterocycles. The molecule has 0 aliphatic rings.